The van der Waals surface area contributed by atoms with Crippen LogP contribution in [-0.4, -0.2) is 38.8 Å². The van der Waals surface area contributed by atoms with E-state index >= 15 is 0 Å². The molecule has 1 fully saturated rings. The van der Waals surface area contributed by atoms with Crippen molar-refractivity contribution in [3.05, 3.63) is 46.3 Å². The van der Waals surface area contributed by atoms with Crippen LogP contribution in [0.15, 0.2) is 30.0 Å². The number of aryl methyl sites for hydroxylation is 1. The molecule has 1 aliphatic rings. The Kier molecular flexibility index (Phi) is 3.18. The predicted octanol–water partition coefficient (Wildman–Crippen LogP) is 2.64. The van der Waals surface area contributed by atoms with Crippen LogP contribution < -0.4 is 0 Å². The van der Waals surface area contributed by atoms with Gasteiger partial charge in [0.15, 0.2) is 0 Å². The van der Waals surface area contributed by atoms with Gasteiger partial charge in [-0.2, -0.15) is 0 Å². The van der Waals surface area contributed by atoms with Crippen molar-refractivity contribution in [2.75, 3.05) is 13.1 Å². The van der Waals surface area contributed by atoms with E-state index in [0.29, 0.717) is 5.92 Å². The van der Waals surface area contributed by atoms with Crippen LogP contribution in [0, 0.1) is 12.8 Å². The number of carbonyl (C=O) groups is 1. The molecule has 22 heavy (non-hydrogen) atoms. The maximum absolute atomic E-state index is 12.4. The van der Waals surface area contributed by atoms with Crippen molar-refractivity contribution >= 4 is 28.1 Å². The van der Waals surface area contributed by atoms with Crippen molar-refractivity contribution in [2.45, 2.75) is 13.3 Å². The minimum atomic E-state index is 0.113. The Morgan fingerprint density at radius 2 is 2.27 bits per heavy atom. The summed E-state index contributed by atoms with van der Waals surface area (Å²) in [6, 6.07) is 4.07. The van der Waals surface area contributed by atoms with Crippen molar-refractivity contribution in [1.82, 2.24) is 19.9 Å². The number of likely N-dealkylation sites (tertiary alicyclic amines) is 1. The third-order valence-corrected chi connectivity index (χ3v) is 5.14. The van der Waals surface area contributed by atoms with E-state index in [9.17, 15) is 4.79 Å². The minimum absolute atomic E-state index is 0.113. The molecule has 1 saturated heterocycles. The molecule has 4 heterocycles. The van der Waals surface area contributed by atoms with Gasteiger partial charge in [-0.3, -0.25) is 9.78 Å². The smallest absolute Gasteiger partial charge is 0.265 e. The number of amides is 1. The largest absolute Gasteiger partial charge is 0.360 e. The monoisotopic (exact) mass is 312 g/mol. The molecular weight excluding hydrogens is 296 g/mol. The number of thiazole rings is 1. The minimum Gasteiger partial charge on any atom is -0.360 e. The molecule has 0 spiro atoms. The van der Waals surface area contributed by atoms with Gasteiger partial charge in [-0.1, -0.05) is 0 Å². The van der Waals surface area contributed by atoms with Crippen LogP contribution in [0.4, 0.5) is 0 Å². The zero-order chi connectivity index (χ0) is 15.1. The Hall–Kier alpha value is -2.21. The van der Waals surface area contributed by atoms with Gasteiger partial charge >= 0.3 is 0 Å². The van der Waals surface area contributed by atoms with Gasteiger partial charge in [0.05, 0.1) is 22.4 Å². The highest BCUT2D eigenvalue weighted by Crippen LogP contribution is 2.26. The third-order valence-electron chi connectivity index (χ3n) is 4.22. The fourth-order valence-electron chi connectivity index (χ4n) is 2.99. The number of H-pyrrole nitrogens is 1. The molecule has 0 saturated carbocycles. The second-order valence-corrected chi connectivity index (χ2v) is 6.60. The molecule has 0 bridgehead atoms. The fraction of sp³-hybridized carbons (Fsp3) is 0.312. The molecule has 0 unspecified atom stereocenters. The van der Waals surface area contributed by atoms with Crippen LogP contribution >= 0.6 is 11.3 Å². The van der Waals surface area contributed by atoms with E-state index < -0.39 is 0 Å². The lowest BCUT2D eigenvalue weighted by atomic mass is 9.93. The van der Waals surface area contributed by atoms with Crippen molar-refractivity contribution in [3.63, 3.8) is 0 Å². The first-order valence-corrected chi connectivity index (χ1v) is 8.20. The first-order chi connectivity index (χ1) is 10.7. The van der Waals surface area contributed by atoms with E-state index in [0.717, 1.165) is 41.3 Å². The molecule has 3 aromatic heterocycles. The normalized spacial score (nSPS) is 15.2. The molecule has 1 amide bonds. The van der Waals surface area contributed by atoms with E-state index in [-0.39, 0.29) is 5.91 Å². The molecule has 0 aliphatic carbocycles. The third kappa shape index (κ3) is 2.20. The average Bonchev–Trinajstić information content (AvgIpc) is 3.10. The van der Waals surface area contributed by atoms with Gasteiger partial charge in [-0.15, -0.1) is 11.3 Å². The average molecular weight is 312 g/mol. The zero-order valence-electron chi connectivity index (χ0n) is 12.2. The van der Waals surface area contributed by atoms with Crippen molar-refractivity contribution in [1.29, 1.82) is 0 Å². The van der Waals surface area contributed by atoms with Crippen LogP contribution in [-0.2, 0) is 6.42 Å². The van der Waals surface area contributed by atoms with Crippen LogP contribution in [0.1, 0.15) is 21.1 Å². The van der Waals surface area contributed by atoms with Crippen LogP contribution in [0.25, 0.3) is 10.9 Å². The molecule has 1 aliphatic heterocycles. The van der Waals surface area contributed by atoms with Gasteiger partial charge in [0, 0.05) is 30.9 Å². The second-order valence-electron chi connectivity index (χ2n) is 5.75. The van der Waals surface area contributed by atoms with Crippen LogP contribution in [0.5, 0.6) is 0 Å². The number of fused-ring (bicyclic) bond motifs is 1. The Morgan fingerprint density at radius 3 is 3.05 bits per heavy atom. The lowest BCUT2D eigenvalue weighted by molar-refractivity contribution is 0.0504. The highest BCUT2D eigenvalue weighted by molar-refractivity contribution is 7.11. The molecule has 112 valence electrons. The second kappa shape index (κ2) is 5.21. The van der Waals surface area contributed by atoms with Crippen molar-refractivity contribution < 1.29 is 4.79 Å². The van der Waals surface area contributed by atoms with Gasteiger partial charge < -0.3 is 9.88 Å². The van der Waals surface area contributed by atoms with Crippen LogP contribution in [0.2, 0.25) is 0 Å². The summed E-state index contributed by atoms with van der Waals surface area (Å²) in [4.78, 5) is 26.9. The number of hydrogen-bond acceptors (Lipinski definition) is 4. The zero-order valence-corrected chi connectivity index (χ0v) is 13.1. The molecule has 4 rings (SSSR count). The number of hydrogen-bond donors (Lipinski definition) is 1. The lowest BCUT2D eigenvalue weighted by Crippen LogP contribution is -2.50. The molecule has 6 heteroatoms. The number of aromatic amines is 1. The molecule has 0 radical (unpaired) electrons. The predicted molar refractivity (Wildman–Crippen MR) is 86.0 cm³/mol. The maximum Gasteiger partial charge on any atom is 0.265 e. The Balaban J connectivity index is 1.43. The van der Waals surface area contributed by atoms with E-state index in [1.165, 1.54) is 16.7 Å². The van der Waals surface area contributed by atoms with Crippen molar-refractivity contribution in [2.24, 2.45) is 5.92 Å². The maximum atomic E-state index is 12.4. The molecule has 1 N–H and O–H groups in total. The molecule has 0 aromatic carbocycles. The summed E-state index contributed by atoms with van der Waals surface area (Å²) in [5, 5.41) is 1.19. The van der Waals surface area contributed by atoms with E-state index in [1.54, 1.807) is 5.51 Å². The summed E-state index contributed by atoms with van der Waals surface area (Å²) in [5.41, 5.74) is 4.77. The van der Waals surface area contributed by atoms with Gasteiger partial charge in [0.2, 0.25) is 0 Å². The Labute approximate surface area is 132 Å². The standard InChI is InChI=1S/C16H16N4OS/c1-10-15(22-9-19-10)16(21)20-7-11(8-20)6-13-14-12(2-4-17-13)3-5-18-14/h2-5,9,11,18H,6-8H2,1H3. The summed E-state index contributed by atoms with van der Waals surface area (Å²) in [6.07, 6.45) is 4.70. The first kappa shape index (κ1) is 13.5. The number of aromatic nitrogens is 3. The van der Waals surface area contributed by atoms with E-state index in [1.807, 2.05) is 30.3 Å². The van der Waals surface area contributed by atoms with E-state index in [4.69, 9.17) is 0 Å². The Bertz CT molecular complexity index is 831. The summed E-state index contributed by atoms with van der Waals surface area (Å²) in [7, 11) is 0. The SMILES string of the molecule is Cc1ncsc1C(=O)N1CC(Cc2nccc3cc[nH]c23)C1. The van der Waals surface area contributed by atoms with E-state index in [2.05, 4.69) is 21.0 Å². The number of pyridine rings is 1. The van der Waals surface area contributed by atoms with Gasteiger partial charge in [-0.05, 0) is 31.4 Å². The quantitative estimate of drug-likeness (QED) is 0.809. The fourth-order valence-corrected chi connectivity index (χ4v) is 3.76. The van der Waals surface area contributed by atoms with Gasteiger partial charge in [0.1, 0.15) is 4.88 Å². The summed E-state index contributed by atoms with van der Waals surface area (Å²) in [5.74, 6) is 0.598. The van der Waals surface area contributed by atoms with Crippen LogP contribution in [0.3, 0.4) is 0 Å². The summed E-state index contributed by atoms with van der Waals surface area (Å²) >= 11 is 1.42. The van der Waals surface area contributed by atoms with Gasteiger partial charge in [0.25, 0.3) is 5.91 Å². The molecule has 3 aromatic rings. The summed E-state index contributed by atoms with van der Waals surface area (Å²) < 4.78 is 0. The number of nitrogens with zero attached hydrogens (tertiary/aromatic N) is 3. The number of nitrogens with one attached hydrogen (secondary N) is 1. The lowest BCUT2D eigenvalue weighted by Gasteiger charge is -2.39. The number of rotatable bonds is 3. The number of carbonyl (C=O) groups excluding carboxylic acids is 1. The van der Waals surface area contributed by atoms with Gasteiger partial charge in [-0.25, -0.2) is 4.98 Å². The molecule has 0 atom stereocenters. The molecular formula is C16H16N4OS. The molecule has 5 nitrogen and oxygen atoms in total. The summed E-state index contributed by atoms with van der Waals surface area (Å²) in [6.45, 7) is 3.49. The highest BCUT2D eigenvalue weighted by Gasteiger charge is 2.33. The highest BCUT2D eigenvalue weighted by atomic mass is 32.1. The topological polar surface area (TPSA) is 61.9 Å². The Morgan fingerprint density at radius 1 is 1.41 bits per heavy atom. The van der Waals surface area contributed by atoms with Crippen molar-refractivity contribution in [3.8, 4) is 0 Å². The first-order valence-electron chi connectivity index (χ1n) is 7.32.